The average Bonchev–Trinajstić information content (AvgIpc) is 2.20. The minimum atomic E-state index is -0.337. The van der Waals surface area contributed by atoms with E-state index in [1.807, 2.05) is 18.4 Å². The van der Waals surface area contributed by atoms with Crippen LogP contribution in [0.4, 0.5) is 0 Å². The molecule has 0 aromatic heterocycles. The van der Waals surface area contributed by atoms with E-state index >= 15 is 0 Å². The molecule has 0 spiro atoms. The second kappa shape index (κ2) is 4.89. The minimum absolute atomic E-state index is 0.0787. The Hall–Kier alpha value is -1.00. The van der Waals surface area contributed by atoms with Crippen molar-refractivity contribution >= 4 is 0 Å². The van der Waals surface area contributed by atoms with Gasteiger partial charge in [-0.15, -0.1) is 0 Å². The zero-order valence-electron chi connectivity index (χ0n) is 8.11. The van der Waals surface area contributed by atoms with Crippen LogP contribution in [0.25, 0.3) is 0 Å². The van der Waals surface area contributed by atoms with Gasteiger partial charge >= 0.3 is 0 Å². The van der Waals surface area contributed by atoms with E-state index < -0.39 is 0 Å². The van der Waals surface area contributed by atoms with Gasteiger partial charge in [0.25, 0.3) is 0 Å². The van der Waals surface area contributed by atoms with Gasteiger partial charge in [-0.05, 0) is 18.4 Å². The molecule has 0 saturated heterocycles. The van der Waals surface area contributed by atoms with Crippen molar-refractivity contribution in [2.45, 2.75) is 12.3 Å². The Kier molecular flexibility index (Phi) is 3.79. The molecule has 1 unspecified atom stereocenters. The zero-order valence-corrected chi connectivity index (χ0v) is 8.11. The molecule has 0 saturated carbocycles. The number of hydrogen-bond donors (Lipinski definition) is 1. The van der Waals surface area contributed by atoms with Gasteiger partial charge < -0.3 is 19.5 Å². The number of dihydropyridines is 1. The van der Waals surface area contributed by atoms with Crippen LogP contribution in [0.2, 0.25) is 0 Å². The first kappa shape index (κ1) is 10.1. The van der Waals surface area contributed by atoms with Gasteiger partial charge in [0, 0.05) is 14.2 Å². The number of allylic oxidation sites excluding steroid dienone is 2. The lowest BCUT2D eigenvalue weighted by molar-refractivity contribution is -0.120. The molecule has 4 nitrogen and oxygen atoms in total. The highest BCUT2D eigenvalue weighted by atomic mass is 16.7. The van der Waals surface area contributed by atoms with E-state index in [4.69, 9.17) is 14.2 Å². The Morgan fingerprint density at radius 2 is 2.00 bits per heavy atom. The summed E-state index contributed by atoms with van der Waals surface area (Å²) in [5, 5.41) is 3.10. The van der Waals surface area contributed by atoms with E-state index in [9.17, 15) is 0 Å². The monoisotopic (exact) mass is 185 g/mol. The molecule has 1 N–H and O–H groups in total. The van der Waals surface area contributed by atoms with Crippen LogP contribution in [0, 0.1) is 0 Å². The molecular weight excluding hydrogens is 170 g/mol. The van der Waals surface area contributed by atoms with E-state index in [1.54, 1.807) is 21.3 Å². The lowest BCUT2D eigenvalue weighted by atomic mass is 10.2. The zero-order chi connectivity index (χ0) is 9.68. The van der Waals surface area contributed by atoms with Crippen molar-refractivity contribution in [3.8, 4) is 0 Å². The molecule has 1 heterocycles. The molecule has 0 radical (unpaired) electrons. The first-order chi connectivity index (χ1) is 6.33. The van der Waals surface area contributed by atoms with Crippen LogP contribution < -0.4 is 5.32 Å². The van der Waals surface area contributed by atoms with E-state index in [2.05, 4.69) is 5.32 Å². The number of ether oxygens (including phenoxy) is 3. The fourth-order valence-electron chi connectivity index (χ4n) is 1.26. The number of hydrogen-bond acceptors (Lipinski definition) is 4. The van der Waals surface area contributed by atoms with Gasteiger partial charge in [0.2, 0.25) is 0 Å². The molecule has 1 aliphatic heterocycles. The van der Waals surface area contributed by atoms with Crippen molar-refractivity contribution in [1.29, 1.82) is 0 Å². The Labute approximate surface area is 78.2 Å². The highest BCUT2D eigenvalue weighted by Gasteiger charge is 2.25. The highest BCUT2D eigenvalue weighted by Crippen LogP contribution is 2.14. The summed E-state index contributed by atoms with van der Waals surface area (Å²) in [6.07, 6.45) is 5.25. The third kappa shape index (κ3) is 2.23. The molecule has 0 aromatic rings. The fraction of sp³-hybridized carbons (Fsp3) is 0.556. The van der Waals surface area contributed by atoms with Crippen molar-refractivity contribution in [2.24, 2.45) is 0 Å². The van der Waals surface area contributed by atoms with Crippen LogP contribution >= 0.6 is 0 Å². The maximum atomic E-state index is 5.18. The Balaban J connectivity index is 2.68. The lowest BCUT2D eigenvalue weighted by Gasteiger charge is -2.27. The van der Waals surface area contributed by atoms with Gasteiger partial charge in [-0.2, -0.15) is 0 Å². The number of nitrogens with one attached hydrogen (secondary N) is 1. The maximum Gasteiger partial charge on any atom is 0.184 e. The van der Waals surface area contributed by atoms with Gasteiger partial charge in [0.05, 0.1) is 7.11 Å². The average molecular weight is 185 g/mol. The van der Waals surface area contributed by atoms with E-state index in [0.717, 1.165) is 5.76 Å². The summed E-state index contributed by atoms with van der Waals surface area (Å²) in [5.74, 6) is 0.802. The summed E-state index contributed by atoms with van der Waals surface area (Å²) < 4.78 is 15.4. The van der Waals surface area contributed by atoms with Gasteiger partial charge in [0.1, 0.15) is 11.8 Å². The Morgan fingerprint density at radius 3 is 2.54 bits per heavy atom. The smallest absolute Gasteiger partial charge is 0.184 e. The molecule has 1 rings (SSSR count). The van der Waals surface area contributed by atoms with Crippen LogP contribution in [-0.2, 0) is 14.2 Å². The molecule has 13 heavy (non-hydrogen) atoms. The molecule has 0 amide bonds. The van der Waals surface area contributed by atoms with Gasteiger partial charge in [-0.25, -0.2) is 0 Å². The summed E-state index contributed by atoms with van der Waals surface area (Å²) in [6, 6.07) is -0.0787. The summed E-state index contributed by atoms with van der Waals surface area (Å²) in [4.78, 5) is 0. The van der Waals surface area contributed by atoms with Crippen molar-refractivity contribution in [1.82, 2.24) is 5.32 Å². The predicted molar refractivity (Wildman–Crippen MR) is 49.0 cm³/mol. The van der Waals surface area contributed by atoms with Crippen LogP contribution in [-0.4, -0.2) is 33.7 Å². The van der Waals surface area contributed by atoms with Crippen LogP contribution in [0.1, 0.15) is 0 Å². The van der Waals surface area contributed by atoms with Crippen molar-refractivity contribution in [3.63, 3.8) is 0 Å². The molecular formula is C9H15NO3. The largest absolute Gasteiger partial charge is 0.499 e. The molecule has 74 valence electrons. The fourth-order valence-corrected chi connectivity index (χ4v) is 1.26. The summed E-state index contributed by atoms with van der Waals surface area (Å²) in [6.45, 7) is 0. The first-order valence-electron chi connectivity index (χ1n) is 4.05. The summed E-state index contributed by atoms with van der Waals surface area (Å²) in [5.41, 5.74) is 0. The molecule has 4 heteroatoms. The van der Waals surface area contributed by atoms with Gasteiger partial charge in [0.15, 0.2) is 6.29 Å². The standard InChI is InChI=1S/C9H15NO3/c1-11-7-5-4-6-10-8(7)9(12-2)13-3/h4-6,8-10H,1-3H3. The molecule has 1 aliphatic rings. The van der Waals surface area contributed by atoms with Gasteiger partial charge in [-0.1, -0.05) is 0 Å². The molecule has 0 fully saturated rings. The predicted octanol–water partition coefficient (Wildman–Crippen LogP) is 0.621. The molecule has 0 bridgehead atoms. The van der Waals surface area contributed by atoms with Crippen molar-refractivity contribution in [2.75, 3.05) is 21.3 Å². The third-order valence-corrected chi connectivity index (χ3v) is 1.91. The summed E-state index contributed by atoms with van der Waals surface area (Å²) in [7, 11) is 4.82. The van der Waals surface area contributed by atoms with Crippen LogP contribution in [0.15, 0.2) is 24.1 Å². The van der Waals surface area contributed by atoms with Crippen molar-refractivity contribution < 1.29 is 14.2 Å². The topological polar surface area (TPSA) is 39.7 Å². The lowest BCUT2D eigenvalue weighted by Crippen LogP contribution is -2.42. The van der Waals surface area contributed by atoms with Crippen LogP contribution in [0.3, 0.4) is 0 Å². The highest BCUT2D eigenvalue weighted by molar-refractivity contribution is 5.19. The molecule has 1 atom stereocenters. The Morgan fingerprint density at radius 1 is 1.31 bits per heavy atom. The second-order valence-electron chi connectivity index (χ2n) is 2.62. The molecule has 0 aliphatic carbocycles. The second-order valence-corrected chi connectivity index (χ2v) is 2.62. The van der Waals surface area contributed by atoms with Crippen LogP contribution in [0.5, 0.6) is 0 Å². The SMILES string of the molecule is COC1=CC=CNC1C(OC)OC. The molecule has 0 aromatic carbocycles. The normalized spacial score (nSPS) is 21.2. The minimum Gasteiger partial charge on any atom is -0.499 e. The van der Waals surface area contributed by atoms with Crippen molar-refractivity contribution in [3.05, 3.63) is 24.1 Å². The quantitative estimate of drug-likeness (QED) is 0.652. The van der Waals surface area contributed by atoms with E-state index in [0.29, 0.717) is 0 Å². The number of methoxy groups -OCH3 is 3. The van der Waals surface area contributed by atoms with E-state index in [-0.39, 0.29) is 12.3 Å². The third-order valence-electron chi connectivity index (χ3n) is 1.91. The van der Waals surface area contributed by atoms with Gasteiger partial charge in [-0.3, -0.25) is 0 Å². The maximum absolute atomic E-state index is 5.18. The first-order valence-corrected chi connectivity index (χ1v) is 4.05. The Bertz CT molecular complexity index is 209. The van der Waals surface area contributed by atoms with E-state index in [1.165, 1.54) is 0 Å². The number of rotatable bonds is 4. The summed E-state index contributed by atoms with van der Waals surface area (Å²) >= 11 is 0.